The second-order valence-corrected chi connectivity index (χ2v) is 4.68. The zero-order chi connectivity index (χ0) is 12.1. The Morgan fingerprint density at radius 2 is 2.12 bits per heavy atom. The SMILES string of the molecule is CCCC1CC1NC(=O)CNc1ccccc1. The van der Waals surface area contributed by atoms with E-state index in [9.17, 15) is 4.79 Å². The zero-order valence-corrected chi connectivity index (χ0v) is 10.3. The third-order valence-corrected chi connectivity index (χ3v) is 3.16. The zero-order valence-electron chi connectivity index (χ0n) is 10.3. The maximum absolute atomic E-state index is 11.6. The van der Waals surface area contributed by atoms with Gasteiger partial charge in [0.15, 0.2) is 0 Å². The summed E-state index contributed by atoms with van der Waals surface area (Å²) in [7, 11) is 0. The van der Waals surface area contributed by atoms with Gasteiger partial charge in [0.2, 0.25) is 5.91 Å². The molecule has 3 heteroatoms. The first-order chi connectivity index (χ1) is 8.29. The summed E-state index contributed by atoms with van der Waals surface area (Å²) in [6.07, 6.45) is 3.60. The molecule has 92 valence electrons. The molecule has 0 saturated heterocycles. The van der Waals surface area contributed by atoms with E-state index in [-0.39, 0.29) is 5.91 Å². The minimum Gasteiger partial charge on any atom is -0.376 e. The lowest BCUT2D eigenvalue weighted by atomic mass is 10.2. The van der Waals surface area contributed by atoms with Gasteiger partial charge in [-0.3, -0.25) is 4.79 Å². The highest BCUT2D eigenvalue weighted by Crippen LogP contribution is 2.34. The number of rotatable bonds is 6. The van der Waals surface area contributed by atoms with Crippen molar-refractivity contribution >= 4 is 11.6 Å². The fourth-order valence-corrected chi connectivity index (χ4v) is 2.11. The lowest BCUT2D eigenvalue weighted by Crippen LogP contribution is -2.32. The van der Waals surface area contributed by atoms with Gasteiger partial charge < -0.3 is 10.6 Å². The number of hydrogen-bond acceptors (Lipinski definition) is 2. The second kappa shape index (κ2) is 5.71. The topological polar surface area (TPSA) is 41.1 Å². The van der Waals surface area contributed by atoms with E-state index >= 15 is 0 Å². The Morgan fingerprint density at radius 3 is 2.82 bits per heavy atom. The summed E-state index contributed by atoms with van der Waals surface area (Å²) < 4.78 is 0. The van der Waals surface area contributed by atoms with Crippen LogP contribution in [0.1, 0.15) is 26.2 Å². The molecule has 0 heterocycles. The fraction of sp³-hybridized carbons (Fsp3) is 0.500. The Morgan fingerprint density at radius 1 is 1.35 bits per heavy atom. The van der Waals surface area contributed by atoms with Crippen molar-refractivity contribution < 1.29 is 4.79 Å². The monoisotopic (exact) mass is 232 g/mol. The summed E-state index contributed by atoms with van der Waals surface area (Å²) in [6.45, 7) is 2.55. The van der Waals surface area contributed by atoms with Crippen LogP contribution in [-0.4, -0.2) is 18.5 Å². The fourth-order valence-electron chi connectivity index (χ4n) is 2.11. The molecule has 2 atom stereocenters. The van der Waals surface area contributed by atoms with Gasteiger partial charge >= 0.3 is 0 Å². The van der Waals surface area contributed by atoms with Crippen LogP contribution in [0.15, 0.2) is 30.3 Å². The first-order valence-electron chi connectivity index (χ1n) is 6.38. The second-order valence-electron chi connectivity index (χ2n) is 4.68. The van der Waals surface area contributed by atoms with Gasteiger partial charge in [-0.1, -0.05) is 31.5 Å². The van der Waals surface area contributed by atoms with Crippen molar-refractivity contribution in [2.24, 2.45) is 5.92 Å². The number of hydrogen-bond donors (Lipinski definition) is 2. The van der Waals surface area contributed by atoms with E-state index in [0.29, 0.717) is 12.6 Å². The summed E-state index contributed by atoms with van der Waals surface area (Å²) in [5.74, 6) is 0.818. The van der Waals surface area contributed by atoms with Gasteiger partial charge in [-0.05, 0) is 30.9 Å². The molecule has 3 nitrogen and oxygen atoms in total. The van der Waals surface area contributed by atoms with Gasteiger partial charge in [0.05, 0.1) is 6.54 Å². The molecule has 0 radical (unpaired) electrons. The molecule has 1 aromatic carbocycles. The van der Waals surface area contributed by atoms with E-state index in [1.54, 1.807) is 0 Å². The predicted molar refractivity (Wildman–Crippen MR) is 69.9 cm³/mol. The summed E-state index contributed by atoms with van der Waals surface area (Å²) in [4.78, 5) is 11.6. The molecule has 1 amide bonds. The van der Waals surface area contributed by atoms with Gasteiger partial charge in [-0.25, -0.2) is 0 Å². The molecule has 1 saturated carbocycles. The summed E-state index contributed by atoms with van der Waals surface area (Å²) in [6, 6.07) is 10.2. The highest BCUT2D eigenvalue weighted by molar-refractivity contribution is 5.81. The van der Waals surface area contributed by atoms with Crippen LogP contribution in [0.2, 0.25) is 0 Å². The lowest BCUT2D eigenvalue weighted by molar-refractivity contribution is -0.119. The van der Waals surface area contributed by atoms with Gasteiger partial charge in [-0.15, -0.1) is 0 Å². The van der Waals surface area contributed by atoms with E-state index in [4.69, 9.17) is 0 Å². The molecule has 1 fully saturated rings. The molecular formula is C14H20N2O. The number of para-hydroxylation sites is 1. The Hall–Kier alpha value is -1.51. The van der Waals surface area contributed by atoms with E-state index in [1.807, 2.05) is 30.3 Å². The molecule has 2 unspecified atom stereocenters. The molecule has 1 aromatic rings. The number of anilines is 1. The average Bonchev–Trinajstić information content (AvgIpc) is 3.06. The minimum absolute atomic E-state index is 0.0949. The molecular weight excluding hydrogens is 212 g/mol. The van der Waals surface area contributed by atoms with Crippen LogP contribution in [0.25, 0.3) is 0 Å². The number of amides is 1. The van der Waals surface area contributed by atoms with Crippen LogP contribution < -0.4 is 10.6 Å². The molecule has 0 bridgehead atoms. The molecule has 2 N–H and O–H groups in total. The van der Waals surface area contributed by atoms with Crippen molar-refractivity contribution in [3.8, 4) is 0 Å². The predicted octanol–water partition coefficient (Wildman–Crippen LogP) is 2.40. The van der Waals surface area contributed by atoms with Gasteiger partial charge in [0, 0.05) is 11.7 Å². The van der Waals surface area contributed by atoms with Crippen molar-refractivity contribution in [1.82, 2.24) is 5.32 Å². The van der Waals surface area contributed by atoms with Crippen LogP contribution in [0.4, 0.5) is 5.69 Å². The minimum atomic E-state index is 0.0949. The molecule has 1 aliphatic carbocycles. The Bertz CT molecular complexity index is 364. The largest absolute Gasteiger partial charge is 0.376 e. The van der Waals surface area contributed by atoms with Crippen molar-refractivity contribution in [1.29, 1.82) is 0 Å². The van der Waals surface area contributed by atoms with Crippen LogP contribution in [0, 0.1) is 5.92 Å². The standard InChI is InChI=1S/C14H20N2O/c1-2-6-11-9-13(11)16-14(17)10-15-12-7-4-3-5-8-12/h3-5,7-8,11,13,15H,2,6,9-10H2,1H3,(H,16,17). The Kier molecular flexibility index (Phi) is 4.02. The maximum atomic E-state index is 11.6. The van der Waals surface area contributed by atoms with Crippen molar-refractivity contribution in [3.63, 3.8) is 0 Å². The Labute approximate surface area is 103 Å². The normalized spacial score (nSPS) is 21.9. The van der Waals surface area contributed by atoms with Crippen LogP contribution >= 0.6 is 0 Å². The molecule has 0 aromatic heterocycles. The van der Waals surface area contributed by atoms with Gasteiger partial charge in [0.25, 0.3) is 0 Å². The number of nitrogens with one attached hydrogen (secondary N) is 2. The first kappa shape index (κ1) is 12.0. The van der Waals surface area contributed by atoms with Crippen molar-refractivity contribution in [2.45, 2.75) is 32.2 Å². The van der Waals surface area contributed by atoms with Gasteiger partial charge in [0.1, 0.15) is 0 Å². The third-order valence-electron chi connectivity index (χ3n) is 3.16. The number of carbonyl (C=O) groups excluding carboxylic acids is 1. The lowest BCUT2D eigenvalue weighted by Gasteiger charge is -2.07. The summed E-state index contributed by atoms with van der Waals surface area (Å²) in [5, 5.41) is 6.17. The van der Waals surface area contributed by atoms with Crippen LogP contribution in [0.5, 0.6) is 0 Å². The van der Waals surface area contributed by atoms with Gasteiger partial charge in [-0.2, -0.15) is 0 Å². The first-order valence-corrected chi connectivity index (χ1v) is 6.38. The Balaban J connectivity index is 1.65. The van der Waals surface area contributed by atoms with Crippen LogP contribution in [0.3, 0.4) is 0 Å². The molecule has 2 rings (SSSR count). The average molecular weight is 232 g/mol. The van der Waals surface area contributed by atoms with E-state index in [1.165, 1.54) is 12.8 Å². The van der Waals surface area contributed by atoms with E-state index in [2.05, 4.69) is 17.6 Å². The smallest absolute Gasteiger partial charge is 0.239 e. The third kappa shape index (κ3) is 3.77. The maximum Gasteiger partial charge on any atom is 0.239 e. The molecule has 1 aliphatic rings. The molecule has 0 aliphatic heterocycles. The number of benzene rings is 1. The molecule has 17 heavy (non-hydrogen) atoms. The number of carbonyl (C=O) groups is 1. The summed E-state index contributed by atoms with van der Waals surface area (Å²) in [5.41, 5.74) is 0.989. The quantitative estimate of drug-likeness (QED) is 0.790. The highest BCUT2D eigenvalue weighted by atomic mass is 16.2. The van der Waals surface area contributed by atoms with E-state index in [0.717, 1.165) is 18.0 Å². The summed E-state index contributed by atoms with van der Waals surface area (Å²) >= 11 is 0. The highest BCUT2D eigenvalue weighted by Gasteiger charge is 2.36. The van der Waals surface area contributed by atoms with Crippen molar-refractivity contribution in [3.05, 3.63) is 30.3 Å². The molecule has 0 spiro atoms. The van der Waals surface area contributed by atoms with E-state index < -0.39 is 0 Å². The van der Waals surface area contributed by atoms with Crippen molar-refractivity contribution in [2.75, 3.05) is 11.9 Å². The van der Waals surface area contributed by atoms with Crippen LogP contribution in [-0.2, 0) is 4.79 Å².